The van der Waals surface area contributed by atoms with Crippen molar-refractivity contribution in [3.63, 3.8) is 0 Å². The minimum absolute atomic E-state index is 0.0227. The maximum atomic E-state index is 12.1. The summed E-state index contributed by atoms with van der Waals surface area (Å²) in [5, 5.41) is 23.0. The fourth-order valence-corrected chi connectivity index (χ4v) is 5.78. The van der Waals surface area contributed by atoms with E-state index in [1.54, 1.807) is 9.36 Å². The summed E-state index contributed by atoms with van der Waals surface area (Å²) in [7, 11) is 1.83. The third-order valence-electron chi connectivity index (χ3n) is 7.70. The maximum Gasteiger partial charge on any atom is 0.339 e. The Balaban J connectivity index is 1.24. The van der Waals surface area contributed by atoms with Crippen molar-refractivity contribution >= 4 is 17.6 Å². The van der Waals surface area contributed by atoms with Gasteiger partial charge >= 0.3 is 5.97 Å². The molecule has 0 aliphatic heterocycles. The molecule has 2 aliphatic carbocycles. The Morgan fingerprint density at radius 3 is 2.58 bits per heavy atom. The highest BCUT2D eigenvalue weighted by molar-refractivity contribution is 6.20. The monoisotopic (exact) mass is 531 g/mol. The van der Waals surface area contributed by atoms with Gasteiger partial charge in [-0.25, -0.2) is 9.48 Å². The van der Waals surface area contributed by atoms with Gasteiger partial charge in [0.2, 0.25) is 0 Å². The van der Waals surface area contributed by atoms with Gasteiger partial charge in [0, 0.05) is 30.5 Å². The Kier molecular flexibility index (Phi) is 6.66. The number of hydrogen-bond acceptors (Lipinski definition) is 5. The molecule has 4 aromatic rings. The molecule has 0 saturated heterocycles. The lowest BCUT2D eigenvalue weighted by molar-refractivity contribution is 0.0695. The average molecular weight is 532 g/mol. The van der Waals surface area contributed by atoms with Gasteiger partial charge in [0.25, 0.3) is 0 Å². The first-order chi connectivity index (χ1) is 18.5. The van der Waals surface area contributed by atoms with Crippen LogP contribution in [0.5, 0.6) is 5.75 Å². The molecule has 2 fully saturated rings. The summed E-state index contributed by atoms with van der Waals surface area (Å²) >= 11 is 6.25. The first kappa shape index (κ1) is 24.7. The van der Waals surface area contributed by atoms with Gasteiger partial charge < -0.3 is 9.84 Å². The molecule has 2 atom stereocenters. The smallest absolute Gasteiger partial charge is 0.339 e. The summed E-state index contributed by atoms with van der Waals surface area (Å²) < 4.78 is 9.60. The summed E-state index contributed by atoms with van der Waals surface area (Å²) in [5.41, 5.74) is 4.67. The minimum atomic E-state index is -0.975. The van der Waals surface area contributed by atoms with E-state index >= 15 is 0 Å². The van der Waals surface area contributed by atoms with E-state index in [4.69, 9.17) is 16.3 Å². The number of ether oxygens (including phenoxy) is 1. The molecule has 8 nitrogen and oxygen atoms in total. The van der Waals surface area contributed by atoms with E-state index in [9.17, 15) is 9.90 Å². The number of carboxylic acids is 1. The molecule has 0 radical (unpaired) electrons. The Morgan fingerprint density at radius 1 is 1.08 bits per heavy atom. The number of carboxylic acid groups (broad SMARTS) is 1. The topological polar surface area (TPSA) is 95.1 Å². The molecule has 0 spiro atoms. The molecule has 9 heteroatoms. The molecule has 38 heavy (non-hydrogen) atoms. The number of benzene rings is 2. The van der Waals surface area contributed by atoms with Crippen molar-refractivity contribution in [2.45, 2.75) is 49.3 Å². The predicted molar refractivity (Wildman–Crippen MR) is 144 cm³/mol. The van der Waals surface area contributed by atoms with Crippen molar-refractivity contribution in [1.29, 1.82) is 0 Å². The normalized spacial score (nSPS) is 22.8. The third kappa shape index (κ3) is 5.05. The SMILES string of the molecule is Cn1cc([C@H]2C[C@@H]2c2c(C(=O)O)cnn2-c2cccc(-c3cccc(OC[C@H]4CC[C@H](Cl)CC4)c3)c2)nn1. The summed E-state index contributed by atoms with van der Waals surface area (Å²) in [6.07, 6.45) is 8.49. The van der Waals surface area contributed by atoms with E-state index < -0.39 is 5.97 Å². The second-order valence-electron chi connectivity index (χ2n) is 10.4. The van der Waals surface area contributed by atoms with Crippen molar-refractivity contribution in [3.8, 4) is 22.6 Å². The number of aromatic carboxylic acids is 1. The molecule has 2 aliphatic rings. The lowest BCUT2D eigenvalue weighted by atomic mass is 9.89. The fourth-order valence-electron chi connectivity index (χ4n) is 5.53. The fraction of sp³-hybridized carbons (Fsp3) is 0.379. The third-order valence-corrected chi connectivity index (χ3v) is 8.14. The molecule has 196 valence electrons. The zero-order valence-corrected chi connectivity index (χ0v) is 22.0. The quantitative estimate of drug-likeness (QED) is 0.288. The number of halogens is 1. The Bertz CT molecular complexity index is 1460. The van der Waals surface area contributed by atoms with Crippen LogP contribution in [0.4, 0.5) is 0 Å². The largest absolute Gasteiger partial charge is 0.493 e. The van der Waals surface area contributed by atoms with Crippen LogP contribution >= 0.6 is 11.6 Å². The number of hydrogen-bond donors (Lipinski definition) is 1. The van der Waals surface area contributed by atoms with Crippen molar-refractivity contribution < 1.29 is 14.6 Å². The summed E-state index contributed by atoms with van der Waals surface area (Å²) in [6, 6.07) is 16.1. The van der Waals surface area contributed by atoms with Crippen LogP contribution in [0.3, 0.4) is 0 Å². The predicted octanol–water partition coefficient (Wildman–Crippen LogP) is 5.81. The minimum Gasteiger partial charge on any atom is -0.493 e. The zero-order valence-electron chi connectivity index (χ0n) is 21.2. The van der Waals surface area contributed by atoms with Crippen LogP contribution in [-0.4, -0.2) is 47.8 Å². The first-order valence-electron chi connectivity index (χ1n) is 13.1. The Hall–Kier alpha value is -3.65. The average Bonchev–Trinajstić information content (AvgIpc) is 3.37. The standard InChI is InChI=1S/C29H30ClN5O3/c1-34-16-27(32-33-34)24-14-25(24)28-26(29(36)37)15-31-35(28)22-6-2-4-19(12-22)20-5-3-7-23(13-20)38-17-18-8-10-21(30)11-9-18/h2-7,12-13,15-16,18,21,24-25H,8-11,14,17H2,1H3,(H,36,37)/t18-,21-,24-,25-/m0/s1. The molecule has 6 rings (SSSR count). The van der Waals surface area contributed by atoms with Gasteiger partial charge in [-0.15, -0.1) is 16.7 Å². The lowest BCUT2D eigenvalue weighted by Gasteiger charge is -2.25. The summed E-state index contributed by atoms with van der Waals surface area (Å²) in [6.45, 7) is 0.704. The molecule has 2 saturated carbocycles. The van der Waals surface area contributed by atoms with Crippen LogP contribution in [0.25, 0.3) is 16.8 Å². The molecular weight excluding hydrogens is 502 g/mol. The van der Waals surface area contributed by atoms with Crippen LogP contribution in [0.1, 0.15) is 65.7 Å². The van der Waals surface area contributed by atoms with Gasteiger partial charge in [-0.2, -0.15) is 5.10 Å². The zero-order chi connectivity index (χ0) is 26.2. The van der Waals surface area contributed by atoms with Crippen LogP contribution in [0, 0.1) is 5.92 Å². The molecular formula is C29H30ClN5O3. The number of aryl methyl sites for hydroxylation is 1. The van der Waals surface area contributed by atoms with E-state index in [1.165, 1.54) is 6.20 Å². The van der Waals surface area contributed by atoms with Crippen LogP contribution < -0.4 is 4.74 Å². The summed E-state index contributed by atoms with van der Waals surface area (Å²) in [5.74, 6) is 0.574. The lowest BCUT2D eigenvalue weighted by Crippen LogP contribution is -2.20. The van der Waals surface area contributed by atoms with Gasteiger partial charge in [0.1, 0.15) is 11.3 Å². The number of alkyl halides is 1. The number of carbonyl (C=O) groups is 1. The second-order valence-corrected chi connectivity index (χ2v) is 11.1. The summed E-state index contributed by atoms with van der Waals surface area (Å²) in [4.78, 5) is 12.1. The van der Waals surface area contributed by atoms with Crippen molar-refractivity contribution in [1.82, 2.24) is 24.8 Å². The Labute approximate surface area is 226 Å². The van der Waals surface area contributed by atoms with Gasteiger partial charge in [-0.3, -0.25) is 4.68 Å². The molecule has 1 N–H and O–H groups in total. The first-order valence-corrected chi connectivity index (χ1v) is 13.5. The maximum absolute atomic E-state index is 12.1. The van der Waals surface area contributed by atoms with E-state index in [2.05, 4.69) is 27.5 Å². The van der Waals surface area contributed by atoms with Crippen LogP contribution in [-0.2, 0) is 7.05 Å². The number of aromatic nitrogens is 5. The molecule has 0 amide bonds. The molecule has 0 unspecified atom stereocenters. The van der Waals surface area contributed by atoms with Crippen molar-refractivity contribution in [3.05, 3.63) is 77.9 Å². The van der Waals surface area contributed by atoms with E-state index in [1.807, 2.05) is 49.6 Å². The van der Waals surface area contributed by atoms with E-state index in [0.29, 0.717) is 23.6 Å². The molecule has 2 aromatic heterocycles. The van der Waals surface area contributed by atoms with E-state index in [0.717, 1.165) is 60.4 Å². The highest BCUT2D eigenvalue weighted by atomic mass is 35.5. The number of rotatable bonds is 8. The van der Waals surface area contributed by atoms with Gasteiger partial charge in [0.05, 0.1) is 29.9 Å². The van der Waals surface area contributed by atoms with Crippen molar-refractivity contribution in [2.75, 3.05) is 6.61 Å². The number of nitrogens with zero attached hydrogens (tertiary/aromatic N) is 5. The highest BCUT2D eigenvalue weighted by Gasteiger charge is 2.46. The van der Waals surface area contributed by atoms with Crippen molar-refractivity contribution in [2.24, 2.45) is 13.0 Å². The molecule has 2 heterocycles. The van der Waals surface area contributed by atoms with Crippen LogP contribution in [0.2, 0.25) is 0 Å². The van der Waals surface area contributed by atoms with Gasteiger partial charge in [0.15, 0.2) is 0 Å². The Morgan fingerprint density at radius 2 is 1.84 bits per heavy atom. The van der Waals surface area contributed by atoms with E-state index in [-0.39, 0.29) is 17.4 Å². The van der Waals surface area contributed by atoms with Crippen LogP contribution in [0.15, 0.2) is 60.9 Å². The second kappa shape index (κ2) is 10.3. The van der Waals surface area contributed by atoms with Gasteiger partial charge in [-0.1, -0.05) is 29.5 Å². The highest BCUT2D eigenvalue weighted by Crippen LogP contribution is 2.55. The molecule has 0 bridgehead atoms. The molecule has 2 aromatic carbocycles. The van der Waals surface area contributed by atoms with Gasteiger partial charge in [-0.05, 0) is 73.4 Å².